The number of carbonyl (C=O) groups excluding carboxylic acids is 2. The number of aromatic nitrogens is 3. The lowest BCUT2D eigenvalue weighted by Gasteiger charge is -2.16. The smallest absolute Gasteiger partial charge is 0.328 e. The summed E-state index contributed by atoms with van der Waals surface area (Å²) in [6.45, 7) is 2.73. The molecule has 0 aliphatic heterocycles. The van der Waals surface area contributed by atoms with Gasteiger partial charge in [-0.25, -0.2) is 4.79 Å². The van der Waals surface area contributed by atoms with Gasteiger partial charge in [0.1, 0.15) is 6.04 Å². The lowest BCUT2D eigenvalue weighted by molar-refractivity contribution is -0.144. The van der Waals surface area contributed by atoms with E-state index in [1.54, 1.807) is 0 Å². The highest BCUT2D eigenvalue weighted by atomic mass is 32.2. The third kappa shape index (κ3) is 5.02. The number of hydrogen-bond acceptors (Lipinski definition) is 8. The van der Waals surface area contributed by atoms with Crippen LogP contribution in [-0.4, -0.2) is 52.5 Å². The third-order valence-electron chi connectivity index (χ3n) is 3.98. The number of esters is 1. The number of amides is 1. The molecule has 3 N–H and O–H groups in total. The van der Waals surface area contributed by atoms with E-state index in [0.29, 0.717) is 10.8 Å². The van der Waals surface area contributed by atoms with Crippen LogP contribution in [0.15, 0.2) is 34.8 Å². The number of thioether (sulfide) groups is 1. The summed E-state index contributed by atoms with van der Waals surface area (Å²) in [5.41, 5.74) is 1.93. The number of rotatable bonds is 9. The number of nitrogens with zero attached hydrogens (tertiary/aromatic N) is 2. The van der Waals surface area contributed by atoms with Crippen LogP contribution in [0.2, 0.25) is 0 Å². The first-order valence-corrected chi connectivity index (χ1v) is 10.5. The van der Waals surface area contributed by atoms with Crippen LogP contribution in [0.5, 0.6) is 0 Å². The molecular formula is C18H21N5O3S2. The van der Waals surface area contributed by atoms with Crippen molar-refractivity contribution in [2.24, 2.45) is 0 Å². The number of anilines is 1. The molecule has 3 aromatic rings. The average molecular weight is 420 g/mol. The SMILES string of the molecule is CCNc1nnc(SCC(=O)NC(Cc2c[nH]c3ccccc23)C(=O)OC)s1. The van der Waals surface area contributed by atoms with E-state index in [9.17, 15) is 9.59 Å². The molecule has 1 amide bonds. The number of methoxy groups -OCH3 is 1. The monoisotopic (exact) mass is 419 g/mol. The zero-order chi connectivity index (χ0) is 19.9. The molecule has 3 rings (SSSR count). The predicted octanol–water partition coefficient (Wildman–Crippen LogP) is 2.44. The normalized spacial score (nSPS) is 11.9. The van der Waals surface area contributed by atoms with E-state index >= 15 is 0 Å². The van der Waals surface area contributed by atoms with Gasteiger partial charge < -0.3 is 20.4 Å². The summed E-state index contributed by atoms with van der Waals surface area (Å²) in [4.78, 5) is 27.7. The number of nitrogens with one attached hydrogen (secondary N) is 3. The highest BCUT2D eigenvalue weighted by Gasteiger charge is 2.23. The lowest BCUT2D eigenvalue weighted by Crippen LogP contribution is -2.43. The molecule has 2 heterocycles. The van der Waals surface area contributed by atoms with E-state index in [1.165, 1.54) is 30.2 Å². The summed E-state index contributed by atoms with van der Waals surface area (Å²) < 4.78 is 5.56. The number of aromatic amines is 1. The molecule has 0 spiro atoms. The fourth-order valence-corrected chi connectivity index (χ4v) is 4.34. The quantitative estimate of drug-likeness (QED) is 0.361. The highest BCUT2D eigenvalue weighted by Crippen LogP contribution is 2.25. The van der Waals surface area contributed by atoms with E-state index in [4.69, 9.17) is 4.74 Å². The van der Waals surface area contributed by atoms with Crippen molar-refractivity contribution >= 4 is 51.0 Å². The fourth-order valence-electron chi connectivity index (χ4n) is 2.71. The van der Waals surface area contributed by atoms with Crippen LogP contribution in [0.25, 0.3) is 10.9 Å². The van der Waals surface area contributed by atoms with Crippen molar-refractivity contribution < 1.29 is 14.3 Å². The summed E-state index contributed by atoms with van der Waals surface area (Å²) in [6, 6.07) is 7.05. The minimum Gasteiger partial charge on any atom is -0.467 e. The molecule has 0 aliphatic carbocycles. The Morgan fingerprint density at radius 3 is 2.93 bits per heavy atom. The van der Waals surface area contributed by atoms with E-state index < -0.39 is 12.0 Å². The van der Waals surface area contributed by atoms with Crippen LogP contribution in [-0.2, 0) is 20.7 Å². The lowest BCUT2D eigenvalue weighted by atomic mass is 10.0. The van der Waals surface area contributed by atoms with Crippen molar-refractivity contribution in [3.8, 4) is 0 Å². The first kappa shape index (κ1) is 20.2. The second kappa shape index (κ2) is 9.56. The Morgan fingerprint density at radius 1 is 1.32 bits per heavy atom. The number of para-hydroxylation sites is 1. The molecule has 0 aliphatic rings. The molecule has 10 heteroatoms. The Labute approximate surface area is 170 Å². The van der Waals surface area contributed by atoms with Gasteiger partial charge in [0.25, 0.3) is 0 Å². The van der Waals surface area contributed by atoms with Crippen molar-refractivity contribution in [1.29, 1.82) is 0 Å². The molecule has 0 fully saturated rings. The Bertz CT molecular complexity index is 956. The standard InChI is InChI=1S/C18H21N5O3S2/c1-3-19-17-22-23-18(28-17)27-10-15(24)21-14(16(25)26-2)8-11-9-20-13-7-5-4-6-12(11)13/h4-7,9,14,20H,3,8,10H2,1-2H3,(H,19,22)(H,21,24). The van der Waals surface area contributed by atoms with Gasteiger partial charge >= 0.3 is 5.97 Å². The van der Waals surface area contributed by atoms with E-state index in [-0.39, 0.29) is 11.7 Å². The van der Waals surface area contributed by atoms with E-state index in [0.717, 1.165) is 28.1 Å². The maximum atomic E-state index is 12.4. The van der Waals surface area contributed by atoms with Crippen LogP contribution in [0.1, 0.15) is 12.5 Å². The summed E-state index contributed by atoms with van der Waals surface area (Å²) in [5, 5.41) is 15.6. The first-order chi connectivity index (χ1) is 13.6. The number of ether oxygens (including phenoxy) is 1. The van der Waals surface area contributed by atoms with Gasteiger partial charge in [0, 0.05) is 30.1 Å². The van der Waals surface area contributed by atoms with E-state index in [2.05, 4.69) is 25.8 Å². The third-order valence-corrected chi connectivity index (χ3v) is 6.00. The zero-order valence-electron chi connectivity index (χ0n) is 15.5. The Kier molecular flexibility index (Phi) is 6.88. The van der Waals surface area contributed by atoms with Crippen LogP contribution >= 0.6 is 23.1 Å². The molecule has 1 unspecified atom stereocenters. The molecule has 148 valence electrons. The molecule has 0 saturated carbocycles. The zero-order valence-corrected chi connectivity index (χ0v) is 17.2. The summed E-state index contributed by atoms with van der Waals surface area (Å²) in [7, 11) is 1.31. The van der Waals surface area contributed by atoms with Crippen LogP contribution < -0.4 is 10.6 Å². The Morgan fingerprint density at radius 2 is 2.14 bits per heavy atom. The average Bonchev–Trinajstić information content (AvgIpc) is 3.33. The maximum Gasteiger partial charge on any atom is 0.328 e. The number of benzene rings is 1. The Hall–Kier alpha value is -2.59. The van der Waals surface area contributed by atoms with Crippen LogP contribution in [0, 0.1) is 0 Å². The molecule has 2 aromatic heterocycles. The van der Waals surface area contributed by atoms with Gasteiger partial charge in [0.05, 0.1) is 12.9 Å². The van der Waals surface area contributed by atoms with Crippen molar-refractivity contribution in [2.75, 3.05) is 24.7 Å². The van der Waals surface area contributed by atoms with Crippen molar-refractivity contribution in [2.45, 2.75) is 23.7 Å². The molecular weight excluding hydrogens is 398 g/mol. The molecule has 8 nitrogen and oxygen atoms in total. The highest BCUT2D eigenvalue weighted by molar-refractivity contribution is 8.01. The number of hydrogen-bond donors (Lipinski definition) is 3. The van der Waals surface area contributed by atoms with Crippen LogP contribution in [0.4, 0.5) is 5.13 Å². The van der Waals surface area contributed by atoms with E-state index in [1.807, 2.05) is 37.4 Å². The largest absolute Gasteiger partial charge is 0.467 e. The van der Waals surface area contributed by atoms with Gasteiger partial charge in [-0.2, -0.15) is 0 Å². The maximum absolute atomic E-state index is 12.4. The van der Waals surface area contributed by atoms with Gasteiger partial charge in [-0.1, -0.05) is 41.3 Å². The molecule has 0 radical (unpaired) electrons. The van der Waals surface area contributed by atoms with Gasteiger partial charge in [0.15, 0.2) is 4.34 Å². The minimum atomic E-state index is -0.760. The van der Waals surface area contributed by atoms with Gasteiger partial charge in [-0.3, -0.25) is 4.79 Å². The van der Waals surface area contributed by atoms with Gasteiger partial charge in [-0.15, -0.1) is 10.2 Å². The minimum absolute atomic E-state index is 0.141. The molecule has 0 saturated heterocycles. The van der Waals surface area contributed by atoms with Crippen molar-refractivity contribution in [3.63, 3.8) is 0 Å². The molecule has 1 aromatic carbocycles. The summed E-state index contributed by atoms with van der Waals surface area (Å²) >= 11 is 2.67. The first-order valence-electron chi connectivity index (χ1n) is 8.73. The molecule has 1 atom stereocenters. The van der Waals surface area contributed by atoms with Gasteiger partial charge in [0.2, 0.25) is 11.0 Å². The Balaban J connectivity index is 1.61. The van der Waals surface area contributed by atoms with Crippen molar-refractivity contribution in [3.05, 3.63) is 36.0 Å². The summed E-state index contributed by atoms with van der Waals surface area (Å²) in [6.07, 6.45) is 2.20. The predicted molar refractivity (Wildman–Crippen MR) is 111 cm³/mol. The second-order valence-electron chi connectivity index (χ2n) is 5.90. The van der Waals surface area contributed by atoms with Gasteiger partial charge in [-0.05, 0) is 18.6 Å². The van der Waals surface area contributed by atoms with Crippen molar-refractivity contribution in [1.82, 2.24) is 20.5 Å². The number of carbonyl (C=O) groups is 2. The fraction of sp³-hybridized carbons (Fsp3) is 0.333. The molecule has 28 heavy (non-hydrogen) atoms. The second-order valence-corrected chi connectivity index (χ2v) is 8.10. The topological polar surface area (TPSA) is 109 Å². The molecule has 0 bridgehead atoms. The number of H-pyrrole nitrogens is 1. The summed E-state index contributed by atoms with van der Waals surface area (Å²) in [5.74, 6) is -0.600. The number of fused-ring (bicyclic) bond motifs is 1. The van der Waals surface area contributed by atoms with Crippen LogP contribution in [0.3, 0.4) is 0 Å².